The smallest absolute Gasteiger partial charge is 0.267 e. The minimum atomic E-state index is -3.96. The number of carbonyl (C=O) groups is 2. The Bertz CT molecular complexity index is 1200. The number of rotatable bonds is 6. The molecule has 2 amide bonds. The van der Waals surface area contributed by atoms with Crippen LogP contribution in [0.1, 0.15) is 6.92 Å². The lowest BCUT2D eigenvalue weighted by Gasteiger charge is -2.09. The number of nitrogens with zero attached hydrogens (tertiary/aromatic N) is 4. The van der Waals surface area contributed by atoms with E-state index in [0.717, 1.165) is 11.6 Å². The number of nitrogens with one attached hydrogen (secondary N) is 2. The molecule has 0 fully saturated rings. The molecule has 0 unspecified atom stereocenters. The third kappa shape index (κ3) is 4.93. The summed E-state index contributed by atoms with van der Waals surface area (Å²) in [4.78, 5) is 35.0. The van der Waals surface area contributed by atoms with Gasteiger partial charge in [-0.2, -0.15) is 5.10 Å². The fraction of sp³-hybridized carbons (Fsp3) is 0.118. The van der Waals surface area contributed by atoms with E-state index in [0.29, 0.717) is 11.5 Å². The second-order valence-electron chi connectivity index (χ2n) is 5.87. The average molecular weight is 416 g/mol. The van der Waals surface area contributed by atoms with Crippen molar-refractivity contribution in [3.63, 3.8) is 0 Å². The van der Waals surface area contributed by atoms with Gasteiger partial charge < -0.3 is 5.32 Å². The van der Waals surface area contributed by atoms with Crippen LogP contribution in [0.25, 0.3) is 5.82 Å². The minimum absolute atomic E-state index is 0.129. The van der Waals surface area contributed by atoms with Crippen LogP contribution < -0.4 is 15.6 Å². The zero-order chi connectivity index (χ0) is 21.0. The number of hydrogen-bond donors (Lipinski definition) is 2. The summed E-state index contributed by atoms with van der Waals surface area (Å²) in [5, 5.41) is 10.7. The van der Waals surface area contributed by atoms with E-state index in [1.807, 2.05) is 4.72 Å². The monoisotopic (exact) mass is 416 g/mol. The van der Waals surface area contributed by atoms with Crippen LogP contribution in [-0.2, 0) is 26.2 Å². The van der Waals surface area contributed by atoms with Crippen LogP contribution in [0.4, 0.5) is 5.69 Å². The first-order chi connectivity index (χ1) is 13.7. The lowest BCUT2D eigenvalue weighted by Crippen LogP contribution is -2.30. The maximum atomic E-state index is 12.3. The van der Waals surface area contributed by atoms with E-state index in [1.165, 1.54) is 41.1 Å². The first kappa shape index (κ1) is 19.9. The highest BCUT2D eigenvalue weighted by atomic mass is 32.2. The molecule has 2 N–H and O–H groups in total. The quantitative estimate of drug-likeness (QED) is 0.570. The van der Waals surface area contributed by atoms with Crippen molar-refractivity contribution < 1.29 is 18.0 Å². The molecule has 29 heavy (non-hydrogen) atoms. The van der Waals surface area contributed by atoms with Crippen LogP contribution in [0.3, 0.4) is 0 Å². The Morgan fingerprint density at radius 1 is 1.10 bits per heavy atom. The standard InChI is InChI=1S/C17H16N6O5S/c1-12(24)21-29(27,28)14-5-3-13(4-6-14)19-16(25)11-23-17(26)8-7-15(20-23)22-10-2-9-18-22/h2-10H,11H2,1H3,(H,19,25)(H,21,24). The summed E-state index contributed by atoms with van der Waals surface area (Å²) in [5.74, 6) is -0.873. The summed E-state index contributed by atoms with van der Waals surface area (Å²) < 4.78 is 28.1. The lowest BCUT2D eigenvalue weighted by atomic mass is 10.3. The van der Waals surface area contributed by atoms with Crippen molar-refractivity contribution in [2.24, 2.45) is 0 Å². The van der Waals surface area contributed by atoms with Crippen LogP contribution >= 0.6 is 0 Å². The minimum Gasteiger partial charge on any atom is -0.324 e. The van der Waals surface area contributed by atoms with Crippen LogP contribution in [0, 0.1) is 0 Å². The van der Waals surface area contributed by atoms with Gasteiger partial charge in [-0.1, -0.05) is 0 Å². The summed E-state index contributed by atoms with van der Waals surface area (Å²) in [6, 6.07) is 9.66. The van der Waals surface area contributed by atoms with Gasteiger partial charge in [-0.3, -0.25) is 14.4 Å². The van der Waals surface area contributed by atoms with Gasteiger partial charge in [0.25, 0.3) is 15.6 Å². The molecule has 0 aliphatic rings. The van der Waals surface area contributed by atoms with Crippen molar-refractivity contribution in [2.75, 3.05) is 5.32 Å². The Labute approximate surface area is 165 Å². The van der Waals surface area contributed by atoms with E-state index in [9.17, 15) is 22.8 Å². The third-order valence-electron chi connectivity index (χ3n) is 3.61. The maximum Gasteiger partial charge on any atom is 0.267 e. The van der Waals surface area contributed by atoms with Crippen molar-refractivity contribution in [1.82, 2.24) is 24.3 Å². The van der Waals surface area contributed by atoms with E-state index in [2.05, 4.69) is 15.5 Å². The Morgan fingerprint density at radius 3 is 2.45 bits per heavy atom. The molecule has 0 aliphatic carbocycles. The van der Waals surface area contributed by atoms with Gasteiger partial charge in [-0.05, 0) is 36.4 Å². The molecule has 0 spiro atoms. The molecule has 3 aromatic rings. The molecule has 0 saturated carbocycles. The van der Waals surface area contributed by atoms with Gasteiger partial charge >= 0.3 is 0 Å². The predicted molar refractivity (Wildman–Crippen MR) is 102 cm³/mol. The molecule has 0 saturated heterocycles. The Kier molecular flexibility index (Phi) is 5.54. The molecule has 0 aliphatic heterocycles. The van der Waals surface area contributed by atoms with E-state index >= 15 is 0 Å². The molecule has 0 atom stereocenters. The number of sulfonamides is 1. The number of amides is 2. The molecule has 2 aromatic heterocycles. The highest BCUT2D eigenvalue weighted by Gasteiger charge is 2.15. The Morgan fingerprint density at radius 2 is 1.83 bits per heavy atom. The fourth-order valence-electron chi connectivity index (χ4n) is 2.38. The van der Waals surface area contributed by atoms with Gasteiger partial charge in [-0.15, -0.1) is 5.10 Å². The molecule has 1 aromatic carbocycles. The van der Waals surface area contributed by atoms with Crippen LogP contribution in [0.5, 0.6) is 0 Å². The maximum absolute atomic E-state index is 12.3. The molecular formula is C17H16N6O5S. The number of carbonyl (C=O) groups excluding carboxylic acids is 2. The zero-order valence-corrected chi connectivity index (χ0v) is 16.0. The van der Waals surface area contributed by atoms with E-state index in [1.54, 1.807) is 18.5 Å². The van der Waals surface area contributed by atoms with E-state index in [-0.39, 0.29) is 11.4 Å². The molecule has 12 heteroatoms. The molecular weight excluding hydrogens is 400 g/mol. The van der Waals surface area contributed by atoms with Crippen molar-refractivity contribution >= 4 is 27.5 Å². The van der Waals surface area contributed by atoms with Gasteiger partial charge in [0.1, 0.15) is 6.54 Å². The Balaban J connectivity index is 1.71. The van der Waals surface area contributed by atoms with Crippen molar-refractivity contribution in [1.29, 1.82) is 0 Å². The van der Waals surface area contributed by atoms with Crippen LogP contribution in [-0.4, -0.2) is 39.8 Å². The number of aromatic nitrogens is 4. The Hall–Kier alpha value is -3.80. The topological polar surface area (TPSA) is 145 Å². The first-order valence-corrected chi connectivity index (χ1v) is 9.74. The van der Waals surface area contributed by atoms with Gasteiger partial charge in [0.15, 0.2) is 5.82 Å². The van der Waals surface area contributed by atoms with E-state index < -0.39 is 27.4 Å². The molecule has 2 heterocycles. The summed E-state index contributed by atoms with van der Waals surface area (Å²) in [6.45, 7) is 0.739. The summed E-state index contributed by atoms with van der Waals surface area (Å²) in [7, 11) is -3.96. The number of anilines is 1. The highest BCUT2D eigenvalue weighted by Crippen LogP contribution is 2.14. The van der Waals surface area contributed by atoms with Crippen molar-refractivity contribution in [3.8, 4) is 5.82 Å². The van der Waals surface area contributed by atoms with Gasteiger partial charge in [0, 0.05) is 31.1 Å². The average Bonchev–Trinajstić information content (AvgIpc) is 3.17. The van der Waals surface area contributed by atoms with Gasteiger partial charge in [0.05, 0.1) is 4.90 Å². The largest absolute Gasteiger partial charge is 0.324 e. The lowest BCUT2D eigenvalue weighted by molar-refractivity contribution is -0.118. The molecule has 0 bridgehead atoms. The first-order valence-electron chi connectivity index (χ1n) is 8.26. The summed E-state index contributed by atoms with van der Waals surface area (Å²) in [6.07, 6.45) is 3.20. The molecule has 150 valence electrons. The fourth-order valence-corrected chi connectivity index (χ4v) is 3.37. The SMILES string of the molecule is CC(=O)NS(=O)(=O)c1ccc(NC(=O)Cn2nc(-n3cccn3)ccc2=O)cc1. The molecule has 0 radical (unpaired) electrons. The van der Waals surface area contributed by atoms with Gasteiger partial charge in [0.2, 0.25) is 11.8 Å². The van der Waals surface area contributed by atoms with Crippen molar-refractivity contribution in [2.45, 2.75) is 18.4 Å². The summed E-state index contributed by atoms with van der Waals surface area (Å²) >= 11 is 0. The van der Waals surface area contributed by atoms with Crippen LogP contribution in [0.2, 0.25) is 0 Å². The normalized spacial score (nSPS) is 11.1. The number of hydrogen-bond acceptors (Lipinski definition) is 7. The molecule has 3 rings (SSSR count). The van der Waals surface area contributed by atoms with Gasteiger partial charge in [-0.25, -0.2) is 22.5 Å². The predicted octanol–water partition coefficient (Wildman–Crippen LogP) is -0.107. The van der Waals surface area contributed by atoms with Crippen molar-refractivity contribution in [3.05, 3.63) is 65.2 Å². The molecule has 11 nitrogen and oxygen atoms in total. The highest BCUT2D eigenvalue weighted by molar-refractivity contribution is 7.90. The second kappa shape index (κ2) is 8.06. The summed E-state index contributed by atoms with van der Waals surface area (Å²) in [5.41, 5.74) is -0.152. The second-order valence-corrected chi connectivity index (χ2v) is 7.55. The zero-order valence-electron chi connectivity index (χ0n) is 15.1. The van der Waals surface area contributed by atoms with Crippen LogP contribution in [0.15, 0.2) is 64.5 Å². The third-order valence-corrected chi connectivity index (χ3v) is 5.06. The van der Waals surface area contributed by atoms with E-state index in [4.69, 9.17) is 0 Å². The number of benzene rings is 1.